The first-order chi connectivity index (χ1) is 13.3. The van der Waals surface area contributed by atoms with Crippen LogP contribution in [0.4, 0.5) is 4.39 Å². The summed E-state index contributed by atoms with van der Waals surface area (Å²) in [5.74, 6) is 0.112. The molecular formula is C21H20FNO3S2. The molecule has 1 heterocycles. The molecule has 0 fully saturated rings. The molecule has 0 aliphatic rings. The highest BCUT2D eigenvalue weighted by molar-refractivity contribution is 7.98. The molecule has 0 atom stereocenters. The molecule has 0 aliphatic heterocycles. The Balaban J connectivity index is 1.69. The molecule has 0 spiro atoms. The number of carboxylic acids is 1. The number of thiazole rings is 1. The molecule has 0 unspecified atom stereocenters. The van der Waals surface area contributed by atoms with E-state index in [1.165, 1.54) is 6.07 Å². The molecule has 1 aromatic heterocycles. The zero-order chi connectivity index (χ0) is 20.3. The quantitative estimate of drug-likeness (QED) is 0.505. The number of nitrogens with zero attached hydrogens (tertiary/aromatic N) is 1. The van der Waals surface area contributed by atoms with E-state index in [9.17, 15) is 9.18 Å². The van der Waals surface area contributed by atoms with Gasteiger partial charge in [0.25, 0.3) is 0 Å². The zero-order valence-electron chi connectivity index (χ0n) is 15.8. The average molecular weight is 418 g/mol. The highest BCUT2D eigenvalue weighted by Crippen LogP contribution is 2.34. The van der Waals surface area contributed by atoms with Crippen LogP contribution < -0.4 is 4.74 Å². The maximum absolute atomic E-state index is 13.8. The number of ether oxygens (including phenoxy) is 1. The minimum absolute atomic E-state index is 0.220. The van der Waals surface area contributed by atoms with Crippen LogP contribution in [0.3, 0.4) is 0 Å². The molecule has 7 heteroatoms. The van der Waals surface area contributed by atoms with Crippen molar-refractivity contribution in [1.29, 1.82) is 0 Å². The van der Waals surface area contributed by atoms with Gasteiger partial charge in [0.2, 0.25) is 0 Å². The monoisotopic (exact) mass is 417 g/mol. The van der Waals surface area contributed by atoms with Crippen LogP contribution in [0.1, 0.15) is 21.7 Å². The fourth-order valence-corrected chi connectivity index (χ4v) is 4.77. The molecule has 0 aliphatic carbocycles. The summed E-state index contributed by atoms with van der Waals surface area (Å²) < 4.78 is 19.1. The van der Waals surface area contributed by atoms with Gasteiger partial charge in [-0.1, -0.05) is 12.1 Å². The first-order valence-corrected chi connectivity index (χ1v) is 10.4. The van der Waals surface area contributed by atoms with Gasteiger partial charge in [0.1, 0.15) is 16.6 Å². The molecule has 0 saturated carbocycles. The summed E-state index contributed by atoms with van der Waals surface area (Å²) in [7, 11) is 0. The summed E-state index contributed by atoms with van der Waals surface area (Å²) >= 11 is 3.25. The summed E-state index contributed by atoms with van der Waals surface area (Å²) in [6, 6.07) is 10.9. The Bertz CT molecular complexity index is 1020. The summed E-state index contributed by atoms with van der Waals surface area (Å²) in [5, 5.41) is 9.53. The van der Waals surface area contributed by atoms with Crippen LogP contribution in [-0.4, -0.2) is 22.7 Å². The molecule has 0 amide bonds. The first-order valence-electron chi connectivity index (χ1n) is 8.64. The molecule has 28 heavy (non-hydrogen) atoms. The van der Waals surface area contributed by atoms with Crippen molar-refractivity contribution >= 4 is 29.1 Å². The Kier molecular flexibility index (Phi) is 6.36. The second-order valence-corrected chi connectivity index (χ2v) is 8.52. The third-order valence-electron chi connectivity index (χ3n) is 4.18. The maximum Gasteiger partial charge on any atom is 0.341 e. The van der Waals surface area contributed by atoms with Crippen molar-refractivity contribution in [2.75, 3.05) is 6.61 Å². The van der Waals surface area contributed by atoms with E-state index in [0.717, 1.165) is 37.4 Å². The summed E-state index contributed by atoms with van der Waals surface area (Å²) in [6.07, 6.45) is 0. The number of benzene rings is 2. The Labute approximate surface area is 171 Å². The predicted molar refractivity (Wildman–Crippen MR) is 111 cm³/mol. The smallest absolute Gasteiger partial charge is 0.341 e. The number of aromatic nitrogens is 1. The third-order valence-corrected chi connectivity index (χ3v) is 6.59. The molecule has 3 aromatic rings. The summed E-state index contributed by atoms with van der Waals surface area (Å²) in [5.41, 5.74) is 3.26. The lowest BCUT2D eigenvalue weighted by molar-refractivity contribution is -0.139. The zero-order valence-corrected chi connectivity index (χ0v) is 17.4. The highest BCUT2D eigenvalue weighted by Gasteiger charge is 2.12. The number of thioether (sulfide) groups is 1. The van der Waals surface area contributed by atoms with E-state index in [1.54, 1.807) is 42.2 Å². The Morgan fingerprint density at radius 1 is 1.18 bits per heavy atom. The second-order valence-electron chi connectivity index (χ2n) is 6.39. The topological polar surface area (TPSA) is 59.4 Å². The normalized spacial score (nSPS) is 10.9. The van der Waals surface area contributed by atoms with E-state index < -0.39 is 5.97 Å². The Morgan fingerprint density at radius 2 is 1.96 bits per heavy atom. The number of halogens is 1. The SMILES string of the molecule is Cc1ccc(-c2nc(C)c(CSc3ccc(OCC(=O)O)c(C)c3)s2)cc1F. The number of carboxylic acid groups (broad SMARTS) is 1. The number of rotatable bonds is 7. The van der Waals surface area contributed by atoms with Crippen molar-refractivity contribution in [3.63, 3.8) is 0 Å². The van der Waals surface area contributed by atoms with Crippen LogP contribution in [-0.2, 0) is 10.5 Å². The van der Waals surface area contributed by atoms with Gasteiger partial charge in [0, 0.05) is 21.1 Å². The fourth-order valence-electron chi connectivity index (χ4n) is 2.57. The molecule has 0 saturated heterocycles. The lowest BCUT2D eigenvalue weighted by Crippen LogP contribution is -2.09. The number of hydrogen-bond donors (Lipinski definition) is 1. The molecule has 3 rings (SSSR count). The number of carbonyl (C=O) groups is 1. The standard InChI is InChI=1S/C21H20FNO3S2/c1-12-4-5-15(9-17(12)22)21-23-14(3)19(28-21)11-27-16-6-7-18(13(2)8-16)26-10-20(24)25/h4-9H,10-11H2,1-3H3,(H,24,25). The van der Waals surface area contributed by atoms with E-state index in [-0.39, 0.29) is 12.4 Å². The lowest BCUT2D eigenvalue weighted by Gasteiger charge is -2.08. The highest BCUT2D eigenvalue weighted by atomic mass is 32.2. The Hall–Kier alpha value is -2.38. The van der Waals surface area contributed by atoms with Crippen LogP contribution in [0, 0.1) is 26.6 Å². The average Bonchev–Trinajstić information content (AvgIpc) is 3.02. The minimum atomic E-state index is -0.997. The van der Waals surface area contributed by atoms with Gasteiger partial charge in [0.05, 0.1) is 5.69 Å². The Morgan fingerprint density at radius 3 is 2.64 bits per heavy atom. The van der Waals surface area contributed by atoms with E-state index in [4.69, 9.17) is 9.84 Å². The predicted octanol–water partition coefficient (Wildman–Crippen LogP) is 5.63. The molecule has 4 nitrogen and oxygen atoms in total. The van der Waals surface area contributed by atoms with Crippen LogP contribution in [0.15, 0.2) is 41.3 Å². The number of aliphatic carboxylic acids is 1. The summed E-state index contributed by atoms with van der Waals surface area (Å²) in [4.78, 5) is 17.4. The molecule has 1 N–H and O–H groups in total. The van der Waals surface area contributed by atoms with E-state index in [2.05, 4.69) is 4.98 Å². The largest absolute Gasteiger partial charge is 0.482 e. The van der Waals surface area contributed by atoms with Crippen LogP contribution in [0.5, 0.6) is 5.75 Å². The summed E-state index contributed by atoms with van der Waals surface area (Å²) in [6.45, 7) is 5.25. The third kappa shape index (κ3) is 4.91. The maximum atomic E-state index is 13.8. The van der Waals surface area contributed by atoms with Crippen molar-refractivity contribution in [1.82, 2.24) is 4.98 Å². The fraction of sp³-hybridized carbons (Fsp3) is 0.238. The second kappa shape index (κ2) is 8.75. The van der Waals surface area contributed by atoms with Crippen molar-refractivity contribution in [3.05, 3.63) is 63.9 Å². The van der Waals surface area contributed by atoms with Crippen LogP contribution >= 0.6 is 23.1 Å². The van der Waals surface area contributed by atoms with E-state index >= 15 is 0 Å². The van der Waals surface area contributed by atoms with Gasteiger partial charge < -0.3 is 9.84 Å². The number of hydrogen-bond acceptors (Lipinski definition) is 5. The molecular weight excluding hydrogens is 397 g/mol. The van der Waals surface area contributed by atoms with Crippen molar-refractivity contribution in [2.45, 2.75) is 31.4 Å². The van der Waals surface area contributed by atoms with Crippen molar-refractivity contribution in [3.8, 4) is 16.3 Å². The molecule has 146 valence electrons. The van der Waals surface area contributed by atoms with Crippen molar-refractivity contribution in [2.24, 2.45) is 0 Å². The van der Waals surface area contributed by atoms with Gasteiger partial charge in [-0.15, -0.1) is 23.1 Å². The van der Waals surface area contributed by atoms with Gasteiger partial charge in [0.15, 0.2) is 6.61 Å². The van der Waals surface area contributed by atoms with Gasteiger partial charge in [-0.3, -0.25) is 0 Å². The molecule has 0 bridgehead atoms. The molecule has 2 aromatic carbocycles. The molecule has 0 radical (unpaired) electrons. The first kappa shape index (κ1) is 20.4. The van der Waals surface area contributed by atoms with Crippen LogP contribution in [0.2, 0.25) is 0 Å². The van der Waals surface area contributed by atoms with Gasteiger partial charge in [-0.2, -0.15) is 0 Å². The number of aryl methyl sites for hydroxylation is 3. The van der Waals surface area contributed by atoms with Crippen molar-refractivity contribution < 1.29 is 19.0 Å². The lowest BCUT2D eigenvalue weighted by atomic mass is 10.1. The van der Waals surface area contributed by atoms with Gasteiger partial charge in [-0.25, -0.2) is 14.2 Å². The van der Waals surface area contributed by atoms with E-state index in [0.29, 0.717) is 11.3 Å². The van der Waals surface area contributed by atoms with E-state index in [1.807, 2.05) is 32.0 Å². The van der Waals surface area contributed by atoms with Gasteiger partial charge >= 0.3 is 5.97 Å². The van der Waals surface area contributed by atoms with Crippen LogP contribution in [0.25, 0.3) is 10.6 Å². The van der Waals surface area contributed by atoms with Gasteiger partial charge in [-0.05, 0) is 56.2 Å². The minimum Gasteiger partial charge on any atom is -0.482 e.